The summed E-state index contributed by atoms with van der Waals surface area (Å²) in [6.07, 6.45) is 1.38. The lowest BCUT2D eigenvalue weighted by molar-refractivity contribution is -0.132. The minimum Gasteiger partial charge on any atom is -0.370 e. The van der Waals surface area contributed by atoms with Gasteiger partial charge in [-0.1, -0.05) is 36.4 Å². The van der Waals surface area contributed by atoms with Crippen LogP contribution in [0.25, 0.3) is 0 Å². The van der Waals surface area contributed by atoms with E-state index in [1.54, 1.807) is 16.2 Å². The first kappa shape index (κ1) is 16.2. The van der Waals surface area contributed by atoms with E-state index >= 15 is 0 Å². The van der Waals surface area contributed by atoms with Crippen LogP contribution < -0.4 is 5.73 Å². The molecular formula is C17H20N2O2S. The molecule has 0 bridgehead atoms. The SMILES string of the molecule is NC(=O)CCN(Cc1ccccc1)C(=O)CCc1cccs1. The first-order valence-electron chi connectivity index (χ1n) is 7.27. The number of carbonyl (C=O) groups is 2. The second-order valence-electron chi connectivity index (χ2n) is 5.10. The second-order valence-corrected chi connectivity index (χ2v) is 6.13. The van der Waals surface area contributed by atoms with Crippen LogP contribution in [0.3, 0.4) is 0 Å². The maximum absolute atomic E-state index is 12.4. The van der Waals surface area contributed by atoms with Crippen molar-refractivity contribution in [2.24, 2.45) is 5.73 Å². The fourth-order valence-electron chi connectivity index (χ4n) is 2.18. The monoisotopic (exact) mass is 316 g/mol. The maximum Gasteiger partial charge on any atom is 0.223 e. The third-order valence-corrected chi connectivity index (χ3v) is 4.30. The van der Waals surface area contributed by atoms with Gasteiger partial charge in [0.05, 0.1) is 0 Å². The molecule has 0 unspecified atom stereocenters. The highest BCUT2D eigenvalue weighted by Gasteiger charge is 2.15. The lowest BCUT2D eigenvalue weighted by Gasteiger charge is -2.22. The van der Waals surface area contributed by atoms with Crippen molar-refractivity contribution < 1.29 is 9.59 Å². The Hall–Kier alpha value is -2.14. The molecule has 0 fully saturated rings. The summed E-state index contributed by atoms with van der Waals surface area (Å²) >= 11 is 1.65. The van der Waals surface area contributed by atoms with Crippen molar-refractivity contribution >= 4 is 23.2 Å². The summed E-state index contributed by atoms with van der Waals surface area (Å²) in [4.78, 5) is 26.4. The van der Waals surface area contributed by atoms with Gasteiger partial charge < -0.3 is 10.6 Å². The predicted molar refractivity (Wildman–Crippen MR) is 88.3 cm³/mol. The standard InChI is InChI=1S/C17H20N2O2S/c18-16(20)10-11-19(13-14-5-2-1-3-6-14)17(21)9-8-15-7-4-12-22-15/h1-7,12H,8-11,13H2,(H2,18,20). The van der Waals surface area contributed by atoms with Crippen LogP contribution in [0.4, 0.5) is 0 Å². The number of thiophene rings is 1. The molecule has 2 N–H and O–H groups in total. The smallest absolute Gasteiger partial charge is 0.223 e. The molecule has 116 valence electrons. The second kappa shape index (κ2) is 8.34. The number of primary amides is 1. The number of carbonyl (C=O) groups excluding carboxylic acids is 2. The minimum atomic E-state index is -0.385. The lowest BCUT2D eigenvalue weighted by Crippen LogP contribution is -2.33. The van der Waals surface area contributed by atoms with E-state index in [-0.39, 0.29) is 18.2 Å². The number of rotatable bonds is 8. The maximum atomic E-state index is 12.4. The summed E-state index contributed by atoms with van der Waals surface area (Å²) in [6.45, 7) is 0.880. The highest BCUT2D eigenvalue weighted by Crippen LogP contribution is 2.13. The van der Waals surface area contributed by atoms with Crippen LogP contribution in [0.1, 0.15) is 23.3 Å². The summed E-state index contributed by atoms with van der Waals surface area (Å²) in [5.41, 5.74) is 6.26. The molecule has 0 aliphatic heterocycles. The molecule has 0 atom stereocenters. The van der Waals surface area contributed by atoms with E-state index in [4.69, 9.17) is 5.73 Å². The van der Waals surface area contributed by atoms with Crippen molar-refractivity contribution in [1.29, 1.82) is 0 Å². The zero-order valence-electron chi connectivity index (χ0n) is 12.4. The topological polar surface area (TPSA) is 63.4 Å². The fourth-order valence-corrected chi connectivity index (χ4v) is 2.89. The van der Waals surface area contributed by atoms with E-state index < -0.39 is 0 Å². The Kier molecular flexibility index (Phi) is 6.15. The van der Waals surface area contributed by atoms with Gasteiger partial charge in [0.25, 0.3) is 0 Å². The Morgan fingerprint density at radius 3 is 2.45 bits per heavy atom. The number of amides is 2. The number of hydrogen-bond acceptors (Lipinski definition) is 3. The van der Waals surface area contributed by atoms with Gasteiger partial charge in [0, 0.05) is 30.8 Å². The molecule has 2 aromatic rings. The van der Waals surface area contributed by atoms with Crippen molar-refractivity contribution in [3.63, 3.8) is 0 Å². The molecule has 0 spiro atoms. The van der Waals surface area contributed by atoms with E-state index in [1.807, 2.05) is 47.8 Å². The highest BCUT2D eigenvalue weighted by molar-refractivity contribution is 7.09. The van der Waals surface area contributed by atoms with Crippen LogP contribution in [-0.2, 0) is 22.6 Å². The zero-order valence-corrected chi connectivity index (χ0v) is 13.2. The van der Waals surface area contributed by atoms with Gasteiger partial charge in [0.1, 0.15) is 0 Å². The lowest BCUT2D eigenvalue weighted by atomic mass is 10.2. The van der Waals surface area contributed by atoms with Gasteiger partial charge in [0.2, 0.25) is 11.8 Å². The number of aryl methyl sites for hydroxylation is 1. The van der Waals surface area contributed by atoms with Crippen LogP contribution in [0.5, 0.6) is 0 Å². The molecule has 0 saturated heterocycles. The Labute approximate surface area is 134 Å². The van der Waals surface area contributed by atoms with E-state index in [1.165, 1.54) is 4.88 Å². The molecule has 1 aromatic carbocycles. The van der Waals surface area contributed by atoms with E-state index in [0.717, 1.165) is 12.0 Å². The molecule has 2 amide bonds. The van der Waals surface area contributed by atoms with Crippen LogP contribution in [0.2, 0.25) is 0 Å². The number of hydrogen-bond donors (Lipinski definition) is 1. The van der Waals surface area contributed by atoms with Crippen molar-refractivity contribution in [2.45, 2.75) is 25.8 Å². The van der Waals surface area contributed by atoms with Gasteiger partial charge in [-0.05, 0) is 23.4 Å². The van der Waals surface area contributed by atoms with Gasteiger partial charge in [0.15, 0.2) is 0 Å². The van der Waals surface area contributed by atoms with Crippen molar-refractivity contribution in [2.75, 3.05) is 6.54 Å². The Morgan fingerprint density at radius 1 is 1.05 bits per heavy atom. The van der Waals surface area contributed by atoms with Crippen molar-refractivity contribution in [1.82, 2.24) is 4.90 Å². The molecule has 0 aliphatic carbocycles. The third-order valence-electron chi connectivity index (χ3n) is 3.36. The Morgan fingerprint density at radius 2 is 1.82 bits per heavy atom. The number of benzene rings is 1. The molecular weight excluding hydrogens is 296 g/mol. The molecule has 22 heavy (non-hydrogen) atoms. The number of nitrogens with zero attached hydrogens (tertiary/aromatic N) is 1. The predicted octanol–water partition coefficient (Wildman–Crippen LogP) is 2.58. The highest BCUT2D eigenvalue weighted by atomic mass is 32.1. The molecule has 0 aliphatic rings. The quantitative estimate of drug-likeness (QED) is 0.813. The largest absolute Gasteiger partial charge is 0.370 e. The normalized spacial score (nSPS) is 10.4. The summed E-state index contributed by atoms with van der Waals surface area (Å²) in [6, 6.07) is 13.8. The van der Waals surface area contributed by atoms with Crippen LogP contribution in [-0.4, -0.2) is 23.3 Å². The first-order chi connectivity index (χ1) is 10.6. The van der Waals surface area contributed by atoms with Gasteiger partial charge >= 0.3 is 0 Å². The molecule has 1 heterocycles. The third kappa shape index (κ3) is 5.33. The van der Waals surface area contributed by atoms with E-state index in [0.29, 0.717) is 19.5 Å². The van der Waals surface area contributed by atoms with Gasteiger partial charge in [-0.15, -0.1) is 11.3 Å². The van der Waals surface area contributed by atoms with Crippen molar-refractivity contribution in [3.05, 3.63) is 58.3 Å². The minimum absolute atomic E-state index is 0.0542. The summed E-state index contributed by atoms with van der Waals surface area (Å²) in [7, 11) is 0. The molecule has 0 saturated carbocycles. The van der Waals surface area contributed by atoms with Gasteiger partial charge in [-0.3, -0.25) is 9.59 Å². The summed E-state index contributed by atoms with van der Waals surface area (Å²) in [5, 5.41) is 2.01. The summed E-state index contributed by atoms with van der Waals surface area (Å²) < 4.78 is 0. The van der Waals surface area contributed by atoms with Crippen molar-refractivity contribution in [3.8, 4) is 0 Å². The molecule has 1 aromatic heterocycles. The average Bonchev–Trinajstić information content (AvgIpc) is 3.03. The van der Waals surface area contributed by atoms with Gasteiger partial charge in [-0.2, -0.15) is 0 Å². The molecule has 2 rings (SSSR count). The van der Waals surface area contributed by atoms with Crippen LogP contribution in [0.15, 0.2) is 47.8 Å². The molecule has 5 heteroatoms. The molecule has 0 radical (unpaired) electrons. The summed E-state index contributed by atoms with van der Waals surface area (Å²) in [5.74, 6) is -0.331. The van der Waals surface area contributed by atoms with Gasteiger partial charge in [-0.25, -0.2) is 0 Å². The zero-order chi connectivity index (χ0) is 15.8. The molecule has 4 nitrogen and oxygen atoms in total. The van der Waals surface area contributed by atoms with E-state index in [9.17, 15) is 9.59 Å². The average molecular weight is 316 g/mol. The van der Waals surface area contributed by atoms with Crippen LogP contribution in [0, 0.1) is 0 Å². The van der Waals surface area contributed by atoms with Crippen LogP contribution >= 0.6 is 11.3 Å². The number of nitrogens with two attached hydrogens (primary N) is 1. The fraction of sp³-hybridized carbons (Fsp3) is 0.294. The Balaban J connectivity index is 1.95. The van der Waals surface area contributed by atoms with E-state index in [2.05, 4.69) is 0 Å². The Bertz CT molecular complexity index is 596. The first-order valence-corrected chi connectivity index (χ1v) is 8.15.